The Labute approximate surface area is 155 Å². The molecule has 4 rings (SSSR count). The average molecular weight is 358 g/mol. The molecule has 0 atom stereocenters. The maximum atomic E-state index is 4.45. The first-order valence-corrected chi connectivity index (χ1v) is 9.89. The molecule has 142 valence electrons. The van der Waals surface area contributed by atoms with Crippen molar-refractivity contribution in [1.82, 2.24) is 35.0 Å². The minimum Gasteiger partial charge on any atom is -0.297 e. The molecule has 0 aromatic carbocycles. The summed E-state index contributed by atoms with van der Waals surface area (Å²) in [6, 6.07) is 2.61. The Kier molecular flexibility index (Phi) is 4.84. The molecule has 2 aliphatic heterocycles. The van der Waals surface area contributed by atoms with Gasteiger partial charge in [-0.2, -0.15) is 5.10 Å². The summed E-state index contributed by atoms with van der Waals surface area (Å²) in [6.45, 7) is 11.9. The molecule has 0 aliphatic carbocycles. The van der Waals surface area contributed by atoms with Gasteiger partial charge in [-0.3, -0.25) is 14.9 Å². The molecular weight excluding hydrogens is 326 g/mol. The average Bonchev–Trinajstić information content (AvgIpc) is 3.31. The zero-order chi connectivity index (χ0) is 18.1. The van der Waals surface area contributed by atoms with Crippen LogP contribution in [0.1, 0.15) is 62.7 Å². The van der Waals surface area contributed by atoms with Gasteiger partial charge in [0.15, 0.2) is 0 Å². The van der Waals surface area contributed by atoms with Crippen molar-refractivity contribution in [2.75, 3.05) is 19.6 Å². The lowest BCUT2D eigenvalue weighted by Crippen LogP contribution is -2.37. The molecule has 2 saturated heterocycles. The van der Waals surface area contributed by atoms with Crippen LogP contribution in [0.25, 0.3) is 0 Å². The third kappa shape index (κ3) is 3.83. The third-order valence-electron chi connectivity index (χ3n) is 6.06. The number of H-pyrrole nitrogens is 1. The van der Waals surface area contributed by atoms with Crippen LogP contribution in [-0.2, 0) is 13.1 Å². The van der Waals surface area contributed by atoms with E-state index in [2.05, 4.69) is 61.1 Å². The number of rotatable bonds is 5. The molecule has 0 amide bonds. The molecule has 0 unspecified atom stereocenters. The molecule has 0 spiro atoms. The highest BCUT2D eigenvalue weighted by Crippen LogP contribution is 2.29. The molecule has 2 aliphatic rings. The number of hydrogen-bond donors (Lipinski definition) is 1. The van der Waals surface area contributed by atoms with Gasteiger partial charge in [0.25, 0.3) is 0 Å². The van der Waals surface area contributed by atoms with Gasteiger partial charge in [-0.05, 0) is 59.1 Å². The Hall–Kier alpha value is -1.73. The summed E-state index contributed by atoms with van der Waals surface area (Å²) in [5.74, 6) is 0. The Balaban J connectivity index is 1.30. The van der Waals surface area contributed by atoms with Gasteiger partial charge in [0.1, 0.15) is 0 Å². The molecule has 0 saturated carbocycles. The van der Waals surface area contributed by atoms with Crippen LogP contribution in [0.2, 0.25) is 0 Å². The summed E-state index contributed by atoms with van der Waals surface area (Å²) in [5.41, 5.74) is 3.66. The Morgan fingerprint density at radius 1 is 1.15 bits per heavy atom. The van der Waals surface area contributed by atoms with Crippen LogP contribution in [0.15, 0.2) is 12.3 Å². The second-order valence-corrected chi connectivity index (χ2v) is 8.58. The molecule has 0 bridgehead atoms. The summed E-state index contributed by atoms with van der Waals surface area (Å²) in [4.78, 5) is 5.02. The van der Waals surface area contributed by atoms with E-state index in [0.717, 1.165) is 56.1 Å². The molecule has 7 heteroatoms. The molecule has 2 aromatic heterocycles. The van der Waals surface area contributed by atoms with Crippen molar-refractivity contribution in [2.24, 2.45) is 0 Å². The standard InChI is InChI=1S/C19H31N7/c1-15-11-16(21-20-15)12-24-9-5-18(6-10-24)26-14-17(22-23-26)13-25-8-4-7-19(25,2)3/h11,14,18H,4-10,12-13H2,1-3H3,(H,20,21). The molecule has 0 radical (unpaired) electrons. The number of nitrogens with one attached hydrogen (secondary N) is 1. The SMILES string of the molecule is Cc1cc(CN2CCC(n3cc(CN4CCCC4(C)C)nn3)CC2)n[nH]1. The molecule has 2 fully saturated rings. The van der Waals surface area contributed by atoms with Gasteiger partial charge in [0.2, 0.25) is 0 Å². The number of piperidine rings is 1. The topological polar surface area (TPSA) is 65.9 Å². The normalized spacial score (nSPS) is 22.3. The quantitative estimate of drug-likeness (QED) is 0.891. The van der Waals surface area contributed by atoms with Crippen molar-refractivity contribution >= 4 is 0 Å². The summed E-state index contributed by atoms with van der Waals surface area (Å²) in [5, 5.41) is 16.3. The van der Waals surface area contributed by atoms with E-state index in [0.29, 0.717) is 11.6 Å². The minimum atomic E-state index is 0.291. The molecule has 26 heavy (non-hydrogen) atoms. The van der Waals surface area contributed by atoms with Crippen LogP contribution in [0, 0.1) is 6.92 Å². The largest absolute Gasteiger partial charge is 0.297 e. The van der Waals surface area contributed by atoms with Crippen LogP contribution >= 0.6 is 0 Å². The first-order chi connectivity index (χ1) is 12.5. The van der Waals surface area contributed by atoms with Gasteiger partial charge >= 0.3 is 0 Å². The van der Waals surface area contributed by atoms with Crippen LogP contribution in [0.5, 0.6) is 0 Å². The highest BCUT2D eigenvalue weighted by molar-refractivity contribution is 5.06. The van der Waals surface area contributed by atoms with Crippen molar-refractivity contribution in [3.63, 3.8) is 0 Å². The zero-order valence-electron chi connectivity index (χ0n) is 16.3. The van der Waals surface area contributed by atoms with Gasteiger partial charge in [0, 0.05) is 37.4 Å². The Bertz CT molecular complexity index is 724. The maximum absolute atomic E-state index is 4.45. The fourth-order valence-corrected chi connectivity index (χ4v) is 4.34. The predicted octanol–water partition coefficient (Wildman–Crippen LogP) is 2.52. The van der Waals surface area contributed by atoms with E-state index in [-0.39, 0.29) is 0 Å². The minimum absolute atomic E-state index is 0.291. The Morgan fingerprint density at radius 3 is 2.62 bits per heavy atom. The lowest BCUT2D eigenvalue weighted by atomic mass is 10.0. The van der Waals surface area contributed by atoms with E-state index in [4.69, 9.17) is 0 Å². The lowest BCUT2D eigenvalue weighted by molar-refractivity contribution is 0.164. The van der Waals surface area contributed by atoms with Gasteiger partial charge in [-0.1, -0.05) is 5.21 Å². The first kappa shape index (κ1) is 17.7. The number of nitrogens with zero attached hydrogens (tertiary/aromatic N) is 6. The van der Waals surface area contributed by atoms with Crippen LogP contribution < -0.4 is 0 Å². The van der Waals surface area contributed by atoms with Crippen molar-refractivity contribution in [3.05, 3.63) is 29.3 Å². The molecule has 2 aromatic rings. The van der Waals surface area contributed by atoms with E-state index >= 15 is 0 Å². The smallest absolute Gasteiger partial charge is 0.0967 e. The number of aromatic amines is 1. The predicted molar refractivity (Wildman–Crippen MR) is 101 cm³/mol. The fraction of sp³-hybridized carbons (Fsp3) is 0.737. The van der Waals surface area contributed by atoms with Gasteiger partial charge in [-0.25, -0.2) is 4.68 Å². The summed E-state index contributed by atoms with van der Waals surface area (Å²) in [6.07, 6.45) is 6.98. The number of likely N-dealkylation sites (tertiary alicyclic amines) is 2. The van der Waals surface area contributed by atoms with Gasteiger partial charge < -0.3 is 0 Å². The summed E-state index contributed by atoms with van der Waals surface area (Å²) in [7, 11) is 0. The van der Waals surface area contributed by atoms with Gasteiger partial charge in [-0.15, -0.1) is 5.10 Å². The van der Waals surface area contributed by atoms with Crippen LogP contribution in [-0.4, -0.2) is 60.2 Å². The number of aromatic nitrogens is 5. The fourth-order valence-electron chi connectivity index (χ4n) is 4.34. The number of aryl methyl sites for hydroxylation is 1. The van der Waals surface area contributed by atoms with Crippen LogP contribution in [0.3, 0.4) is 0 Å². The zero-order valence-corrected chi connectivity index (χ0v) is 16.3. The van der Waals surface area contributed by atoms with Crippen molar-refractivity contribution in [1.29, 1.82) is 0 Å². The molecular formula is C19H31N7. The second kappa shape index (κ2) is 7.12. The van der Waals surface area contributed by atoms with Crippen molar-refractivity contribution in [2.45, 2.75) is 71.1 Å². The highest BCUT2D eigenvalue weighted by atomic mass is 15.4. The number of hydrogen-bond acceptors (Lipinski definition) is 5. The molecule has 7 nitrogen and oxygen atoms in total. The summed E-state index contributed by atoms with van der Waals surface area (Å²) < 4.78 is 2.11. The van der Waals surface area contributed by atoms with E-state index in [1.165, 1.54) is 19.4 Å². The van der Waals surface area contributed by atoms with Gasteiger partial charge in [0.05, 0.1) is 23.6 Å². The lowest BCUT2D eigenvalue weighted by Gasteiger charge is -2.31. The maximum Gasteiger partial charge on any atom is 0.0967 e. The monoisotopic (exact) mass is 357 g/mol. The van der Waals surface area contributed by atoms with E-state index in [9.17, 15) is 0 Å². The molecule has 1 N–H and O–H groups in total. The van der Waals surface area contributed by atoms with E-state index in [1.807, 2.05) is 6.92 Å². The second-order valence-electron chi connectivity index (χ2n) is 8.58. The van der Waals surface area contributed by atoms with Crippen LogP contribution in [0.4, 0.5) is 0 Å². The molecule has 4 heterocycles. The third-order valence-corrected chi connectivity index (χ3v) is 6.06. The van der Waals surface area contributed by atoms with Crippen molar-refractivity contribution < 1.29 is 0 Å². The highest BCUT2D eigenvalue weighted by Gasteiger charge is 2.32. The summed E-state index contributed by atoms with van der Waals surface area (Å²) >= 11 is 0. The van der Waals surface area contributed by atoms with E-state index < -0.39 is 0 Å². The Morgan fingerprint density at radius 2 is 1.96 bits per heavy atom. The van der Waals surface area contributed by atoms with Crippen molar-refractivity contribution in [3.8, 4) is 0 Å². The van der Waals surface area contributed by atoms with E-state index in [1.54, 1.807) is 0 Å². The first-order valence-electron chi connectivity index (χ1n) is 9.89.